The molecule has 0 fully saturated rings. The summed E-state index contributed by atoms with van der Waals surface area (Å²) in [5.41, 5.74) is 0.366. The van der Waals surface area contributed by atoms with Crippen LogP contribution in [0.4, 0.5) is 29.7 Å². The molecule has 0 saturated carbocycles. The highest BCUT2D eigenvalue weighted by atomic mass is 19.4. The molecular weight excluding hydrogens is 453 g/mol. The maximum absolute atomic E-state index is 13.3. The summed E-state index contributed by atoms with van der Waals surface area (Å²) in [5, 5.41) is 12.5. The molecule has 0 aromatic carbocycles. The van der Waals surface area contributed by atoms with Crippen molar-refractivity contribution in [3.8, 4) is 17.0 Å². The molecule has 4 aromatic rings. The van der Waals surface area contributed by atoms with Crippen LogP contribution < -0.4 is 20.7 Å². The average molecular weight is 472 g/mol. The zero-order valence-electron chi connectivity index (χ0n) is 17.8. The van der Waals surface area contributed by atoms with Crippen molar-refractivity contribution in [2.24, 2.45) is 0 Å². The Hall–Kier alpha value is -4.42. The third-order valence-corrected chi connectivity index (χ3v) is 4.65. The molecule has 0 unspecified atom stereocenters. The number of carbonyl (C=O) groups excluding carboxylic acids is 1. The van der Waals surface area contributed by atoms with Crippen LogP contribution >= 0.6 is 0 Å². The van der Waals surface area contributed by atoms with Crippen molar-refractivity contribution >= 4 is 23.3 Å². The van der Waals surface area contributed by atoms with E-state index in [0.29, 0.717) is 30.1 Å². The molecule has 4 aromatic heterocycles. The molecule has 0 saturated heterocycles. The number of halogens is 3. The van der Waals surface area contributed by atoms with Crippen LogP contribution in [0.2, 0.25) is 0 Å². The number of aromatic nitrogens is 5. The van der Waals surface area contributed by atoms with Gasteiger partial charge in [0.05, 0.1) is 12.6 Å². The van der Waals surface area contributed by atoms with E-state index in [0.717, 1.165) is 13.2 Å². The Morgan fingerprint density at radius 2 is 1.88 bits per heavy atom. The SMILES string of the molecule is COc1ncc(-c2ccn3nc(NC(=O)NCCNc4ncccn4)cc3c2)cc1C(F)(F)F. The number of pyridine rings is 2. The van der Waals surface area contributed by atoms with Crippen LogP contribution in [0.25, 0.3) is 16.6 Å². The maximum atomic E-state index is 13.3. The van der Waals surface area contributed by atoms with Crippen LogP contribution in [0.1, 0.15) is 5.56 Å². The van der Waals surface area contributed by atoms with Crippen LogP contribution in [0.5, 0.6) is 5.88 Å². The highest BCUT2D eigenvalue weighted by Gasteiger charge is 2.35. The lowest BCUT2D eigenvalue weighted by molar-refractivity contribution is -0.139. The third kappa shape index (κ3) is 5.31. The number of amides is 2. The topological polar surface area (TPSA) is 118 Å². The smallest absolute Gasteiger partial charge is 0.421 e. The first-order valence-electron chi connectivity index (χ1n) is 10.0. The van der Waals surface area contributed by atoms with Crippen molar-refractivity contribution in [2.75, 3.05) is 30.8 Å². The van der Waals surface area contributed by atoms with Crippen LogP contribution in [-0.4, -0.2) is 50.8 Å². The van der Waals surface area contributed by atoms with E-state index in [1.54, 1.807) is 42.9 Å². The fourth-order valence-electron chi connectivity index (χ4n) is 3.11. The lowest BCUT2D eigenvalue weighted by atomic mass is 10.1. The van der Waals surface area contributed by atoms with Gasteiger partial charge in [-0.3, -0.25) is 5.32 Å². The second kappa shape index (κ2) is 9.60. The zero-order valence-corrected chi connectivity index (χ0v) is 17.8. The molecule has 0 aliphatic rings. The summed E-state index contributed by atoms with van der Waals surface area (Å²) in [7, 11) is 1.13. The van der Waals surface area contributed by atoms with E-state index < -0.39 is 23.7 Å². The Labute approximate surface area is 191 Å². The van der Waals surface area contributed by atoms with Gasteiger partial charge in [-0.25, -0.2) is 24.3 Å². The number of fused-ring (bicyclic) bond motifs is 1. The molecule has 0 aliphatic carbocycles. The van der Waals surface area contributed by atoms with Gasteiger partial charge >= 0.3 is 12.2 Å². The highest BCUT2D eigenvalue weighted by Crippen LogP contribution is 2.37. The van der Waals surface area contributed by atoms with Crippen LogP contribution in [0, 0.1) is 0 Å². The number of hydrogen-bond acceptors (Lipinski definition) is 7. The quantitative estimate of drug-likeness (QED) is 0.353. The molecule has 13 heteroatoms. The van der Waals surface area contributed by atoms with Gasteiger partial charge in [-0.1, -0.05) is 0 Å². The van der Waals surface area contributed by atoms with Crippen molar-refractivity contribution in [1.82, 2.24) is 29.9 Å². The summed E-state index contributed by atoms with van der Waals surface area (Å²) in [6.45, 7) is 0.732. The van der Waals surface area contributed by atoms with Gasteiger partial charge in [0.25, 0.3) is 0 Å². The minimum Gasteiger partial charge on any atom is -0.481 e. The van der Waals surface area contributed by atoms with Crippen LogP contribution in [0.15, 0.2) is 55.1 Å². The average Bonchev–Trinajstić information content (AvgIpc) is 3.23. The first-order valence-corrected chi connectivity index (χ1v) is 10.0. The van der Waals surface area contributed by atoms with Gasteiger partial charge in [0.1, 0.15) is 5.56 Å². The minimum atomic E-state index is -4.61. The van der Waals surface area contributed by atoms with Crippen LogP contribution in [-0.2, 0) is 6.18 Å². The summed E-state index contributed by atoms with van der Waals surface area (Å²) in [5.74, 6) is 0.235. The Balaban J connectivity index is 1.42. The number of ether oxygens (including phenoxy) is 1. The van der Waals surface area contributed by atoms with Crippen molar-refractivity contribution in [1.29, 1.82) is 0 Å². The van der Waals surface area contributed by atoms with Gasteiger partial charge in [0.15, 0.2) is 5.82 Å². The van der Waals surface area contributed by atoms with Gasteiger partial charge in [-0.15, -0.1) is 5.10 Å². The number of hydrogen-bond donors (Lipinski definition) is 3. The summed E-state index contributed by atoms with van der Waals surface area (Å²) >= 11 is 0. The van der Waals surface area contributed by atoms with Crippen molar-refractivity contribution in [3.05, 3.63) is 60.7 Å². The number of carbonyl (C=O) groups is 1. The second-order valence-corrected chi connectivity index (χ2v) is 6.97. The number of urea groups is 1. The molecule has 34 heavy (non-hydrogen) atoms. The second-order valence-electron chi connectivity index (χ2n) is 6.97. The first kappa shape index (κ1) is 22.8. The molecule has 0 bridgehead atoms. The molecule has 2 amide bonds. The molecule has 10 nitrogen and oxygen atoms in total. The van der Waals surface area contributed by atoms with E-state index in [-0.39, 0.29) is 11.4 Å². The van der Waals surface area contributed by atoms with E-state index in [1.165, 1.54) is 10.7 Å². The first-order chi connectivity index (χ1) is 16.3. The largest absolute Gasteiger partial charge is 0.481 e. The fourth-order valence-corrected chi connectivity index (χ4v) is 3.11. The van der Waals surface area contributed by atoms with E-state index in [4.69, 9.17) is 4.74 Å². The van der Waals surface area contributed by atoms with Gasteiger partial charge in [-0.05, 0) is 29.8 Å². The Kier molecular flexibility index (Phi) is 6.43. The molecule has 4 heterocycles. The third-order valence-electron chi connectivity index (χ3n) is 4.65. The summed E-state index contributed by atoms with van der Waals surface area (Å²) in [6, 6.07) is 7.06. The predicted octanol–water partition coefficient (Wildman–Crippen LogP) is 3.45. The minimum absolute atomic E-state index is 0.263. The standard InChI is InChI=1S/C21H19F3N8O2/c1-34-18-16(21(22,23)24)10-14(12-29-18)13-3-8-32-15(9-13)11-17(31-32)30-20(33)28-7-6-27-19-25-4-2-5-26-19/h2-5,8-12H,6-7H2,1H3,(H,25,26,27)(H2,28,30,31,33). The van der Waals surface area contributed by atoms with E-state index in [9.17, 15) is 18.0 Å². The van der Waals surface area contributed by atoms with Gasteiger partial charge in [0, 0.05) is 49.5 Å². The van der Waals surface area contributed by atoms with E-state index >= 15 is 0 Å². The molecule has 176 valence electrons. The zero-order chi connectivity index (χ0) is 24.1. The Morgan fingerprint density at radius 1 is 1.09 bits per heavy atom. The van der Waals surface area contributed by atoms with Gasteiger partial charge < -0.3 is 15.4 Å². The van der Waals surface area contributed by atoms with E-state index in [2.05, 4.69) is 36.0 Å². The summed E-state index contributed by atoms with van der Waals surface area (Å²) in [6.07, 6.45) is 1.48. The number of anilines is 2. The molecule has 0 aliphatic heterocycles. The number of nitrogens with one attached hydrogen (secondary N) is 3. The summed E-state index contributed by atoms with van der Waals surface area (Å²) in [4.78, 5) is 23.9. The molecule has 3 N–H and O–H groups in total. The molecule has 0 spiro atoms. The Morgan fingerprint density at radius 3 is 2.62 bits per heavy atom. The highest BCUT2D eigenvalue weighted by molar-refractivity contribution is 5.89. The Bertz CT molecular complexity index is 1290. The molecule has 0 radical (unpaired) electrons. The number of alkyl halides is 3. The number of methoxy groups -OCH3 is 1. The normalized spacial score (nSPS) is 11.3. The molecule has 4 rings (SSSR count). The van der Waals surface area contributed by atoms with Crippen LogP contribution in [0.3, 0.4) is 0 Å². The van der Waals surface area contributed by atoms with Crippen molar-refractivity contribution in [3.63, 3.8) is 0 Å². The fraction of sp³-hybridized carbons (Fsp3) is 0.190. The van der Waals surface area contributed by atoms with E-state index in [1.807, 2.05) is 0 Å². The number of rotatable bonds is 7. The number of nitrogens with zero attached hydrogens (tertiary/aromatic N) is 5. The van der Waals surface area contributed by atoms with Gasteiger partial charge in [0.2, 0.25) is 11.8 Å². The van der Waals surface area contributed by atoms with Crippen molar-refractivity contribution in [2.45, 2.75) is 6.18 Å². The monoisotopic (exact) mass is 472 g/mol. The van der Waals surface area contributed by atoms with Gasteiger partial charge in [-0.2, -0.15) is 13.2 Å². The van der Waals surface area contributed by atoms with Crippen molar-refractivity contribution < 1.29 is 22.7 Å². The summed E-state index contributed by atoms with van der Waals surface area (Å²) < 4.78 is 46.2. The maximum Gasteiger partial charge on any atom is 0.421 e. The molecule has 0 atom stereocenters. The predicted molar refractivity (Wildman–Crippen MR) is 118 cm³/mol. The lowest BCUT2D eigenvalue weighted by Crippen LogP contribution is -2.32. The molecular formula is C21H19F3N8O2. The lowest BCUT2D eigenvalue weighted by Gasteiger charge is -2.12.